The molecule has 0 aliphatic rings. The Hall–Kier alpha value is -1.33. The van der Waals surface area contributed by atoms with Crippen molar-refractivity contribution in [2.24, 2.45) is 0 Å². The van der Waals surface area contributed by atoms with Crippen molar-refractivity contribution in [2.75, 3.05) is 32.5 Å². The summed E-state index contributed by atoms with van der Waals surface area (Å²) >= 11 is 6.11. The summed E-state index contributed by atoms with van der Waals surface area (Å²) < 4.78 is 0. The summed E-state index contributed by atoms with van der Waals surface area (Å²) in [5, 5.41) is 6.19. The van der Waals surface area contributed by atoms with Gasteiger partial charge in [-0.15, -0.1) is 0 Å². The van der Waals surface area contributed by atoms with Gasteiger partial charge in [-0.2, -0.15) is 0 Å². The van der Waals surface area contributed by atoms with E-state index >= 15 is 0 Å². The first-order valence-corrected chi connectivity index (χ1v) is 6.24. The van der Waals surface area contributed by atoms with Gasteiger partial charge in [-0.25, -0.2) is 4.98 Å². The number of amides is 1. The van der Waals surface area contributed by atoms with Crippen molar-refractivity contribution in [3.8, 4) is 0 Å². The topological polar surface area (TPSA) is 57.3 Å². The first-order valence-electron chi connectivity index (χ1n) is 5.86. The first kappa shape index (κ1) is 14.7. The van der Waals surface area contributed by atoms with E-state index in [2.05, 4.69) is 15.6 Å². The molecule has 0 saturated carbocycles. The molecule has 0 aromatic carbocycles. The van der Waals surface area contributed by atoms with Crippen molar-refractivity contribution in [1.82, 2.24) is 15.2 Å². The number of halogens is 1. The van der Waals surface area contributed by atoms with E-state index in [-0.39, 0.29) is 5.91 Å². The fraction of sp³-hybridized carbons (Fsp3) is 0.500. The summed E-state index contributed by atoms with van der Waals surface area (Å²) in [4.78, 5) is 17.7. The standard InChI is InChI=1S/C12H19ClN4O/c1-4-17(8-12(18)15-3)7-10-9(13)5-6-11(14-2)16-10/h5-6H,4,7-8H2,1-3H3,(H,14,16)(H,15,18). The molecule has 0 aliphatic heterocycles. The van der Waals surface area contributed by atoms with E-state index in [1.165, 1.54) is 0 Å². The number of nitrogens with zero attached hydrogens (tertiary/aromatic N) is 2. The van der Waals surface area contributed by atoms with Gasteiger partial charge in [0.2, 0.25) is 5.91 Å². The summed E-state index contributed by atoms with van der Waals surface area (Å²) in [5.41, 5.74) is 0.772. The van der Waals surface area contributed by atoms with Crippen LogP contribution in [0.5, 0.6) is 0 Å². The maximum atomic E-state index is 11.4. The number of anilines is 1. The van der Waals surface area contributed by atoms with Gasteiger partial charge in [0.15, 0.2) is 0 Å². The predicted molar refractivity (Wildman–Crippen MR) is 73.8 cm³/mol. The van der Waals surface area contributed by atoms with E-state index in [0.717, 1.165) is 18.1 Å². The Morgan fingerprint density at radius 2 is 2.17 bits per heavy atom. The van der Waals surface area contributed by atoms with Crippen LogP contribution < -0.4 is 10.6 Å². The van der Waals surface area contributed by atoms with Gasteiger partial charge in [-0.05, 0) is 18.7 Å². The van der Waals surface area contributed by atoms with Gasteiger partial charge in [-0.3, -0.25) is 9.69 Å². The van der Waals surface area contributed by atoms with Crippen LogP contribution in [0.2, 0.25) is 5.02 Å². The molecule has 100 valence electrons. The lowest BCUT2D eigenvalue weighted by molar-refractivity contribution is -0.121. The molecule has 1 rings (SSSR count). The lowest BCUT2D eigenvalue weighted by Crippen LogP contribution is -2.35. The first-order chi connectivity index (χ1) is 8.60. The third-order valence-corrected chi connectivity index (χ3v) is 2.99. The average Bonchev–Trinajstić information content (AvgIpc) is 2.39. The van der Waals surface area contributed by atoms with Crippen LogP contribution in [0.1, 0.15) is 12.6 Å². The molecule has 0 bridgehead atoms. The molecular formula is C12H19ClN4O. The Morgan fingerprint density at radius 1 is 1.44 bits per heavy atom. The molecule has 1 aromatic rings. The molecule has 0 radical (unpaired) electrons. The average molecular weight is 271 g/mol. The largest absolute Gasteiger partial charge is 0.373 e. The number of carbonyl (C=O) groups is 1. The van der Waals surface area contributed by atoms with Crippen LogP contribution in [0.3, 0.4) is 0 Å². The summed E-state index contributed by atoms with van der Waals surface area (Å²) in [6.07, 6.45) is 0. The Labute approximate surface area is 113 Å². The van der Waals surface area contributed by atoms with Crippen LogP contribution >= 0.6 is 11.6 Å². The minimum Gasteiger partial charge on any atom is -0.373 e. The van der Waals surface area contributed by atoms with E-state index in [1.54, 1.807) is 7.05 Å². The Bertz CT molecular complexity index is 411. The Morgan fingerprint density at radius 3 is 2.72 bits per heavy atom. The maximum Gasteiger partial charge on any atom is 0.233 e. The number of carbonyl (C=O) groups excluding carboxylic acids is 1. The number of hydrogen-bond acceptors (Lipinski definition) is 4. The summed E-state index contributed by atoms with van der Waals surface area (Å²) in [7, 11) is 3.44. The number of pyridine rings is 1. The van der Waals surface area contributed by atoms with Crippen LogP contribution in [-0.4, -0.2) is 43.0 Å². The SMILES string of the molecule is CCN(CC(=O)NC)Cc1nc(NC)ccc1Cl. The number of rotatable bonds is 6. The number of nitrogens with one attached hydrogen (secondary N) is 2. The molecule has 0 spiro atoms. The highest BCUT2D eigenvalue weighted by atomic mass is 35.5. The van der Waals surface area contributed by atoms with Crippen molar-refractivity contribution in [2.45, 2.75) is 13.5 Å². The monoisotopic (exact) mass is 270 g/mol. The van der Waals surface area contributed by atoms with E-state index in [1.807, 2.05) is 31.0 Å². The van der Waals surface area contributed by atoms with Gasteiger partial charge in [0, 0.05) is 20.6 Å². The van der Waals surface area contributed by atoms with Crippen LogP contribution in [0, 0.1) is 0 Å². The predicted octanol–water partition coefficient (Wildman–Crippen LogP) is 1.34. The fourth-order valence-electron chi connectivity index (χ4n) is 1.51. The van der Waals surface area contributed by atoms with E-state index in [4.69, 9.17) is 11.6 Å². The summed E-state index contributed by atoms with van der Waals surface area (Å²) in [5.74, 6) is 0.753. The second-order valence-corrected chi connectivity index (χ2v) is 4.26. The molecule has 1 heterocycles. The molecule has 1 amide bonds. The summed E-state index contributed by atoms with van der Waals surface area (Å²) in [6.45, 7) is 3.65. The smallest absolute Gasteiger partial charge is 0.233 e. The minimum atomic E-state index is -0.0160. The molecule has 0 unspecified atom stereocenters. The molecule has 1 aromatic heterocycles. The van der Waals surface area contributed by atoms with Crippen LogP contribution in [0.25, 0.3) is 0 Å². The Kier molecular flexibility index (Phi) is 5.88. The number of hydrogen-bond donors (Lipinski definition) is 2. The van der Waals surface area contributed by atoms with Crippen molar-refractivity contribution < 1.29 is 4.79 Å². The van der Waals surface area contributed by atoms with Gasteiger partial charge in [-0.1, -0.05) is 18.5 Å². The maximum absolute atomic E-state index is 11.4. The van der Waals surface area contributed by atoms with Gasteiger partial charge in [0.25, 0.3) is 0 Å². The van der Waals surface area contributed by atoms with Gasteiger partial charge < -0.3 is 10.6 Å². The van der Waals surface area contributed by atoms with Gasteiger partial charge in [0.05, 0.1) is 17.3 Å². The van der Waals surface area contributed by atoms with E-state index in [9.17, 15) is 4.79 Å². The third kappa shape index (κ3) is 4.16. The third-order valence-electron chi connectivity index (χ3n) is 2.64. The van der Waals surface area contributed by atoms with Crippen molar-refractivity contribution >= 4 is 23.3 Å². The van der Waals surface area contributed by atoms with E-state index < -0.39 is 0 Å². The van der Waals surface area contributed by atoms with Crippen LogP contribution in [0.15, 0.2) is 12.1 Å². The van der Waals surface area contributed by atoms with Crippen LogP contribution in [-0.2, 0) is 11.3 Å². The van der Waals surface area contributed by atoms with Gasteiger partial charge in [0.1, 0.15) is 5.82 Å². The molecular weight excluding hydrogens is 252 g/mol. The van der Waals surface area contributed by atoms with Crippen LogP contribution in [0.4, 0.5) is 5.82 Å². The zero-order chi connectivity index (χ0) is 13.5. The quantitative estimate of drug-likeness (QED) is 0.819. The zero-order valence-corrected chi connectivity index (χ0v) is 11.7. The normalized spacial score (nSPS) is 10.5. The highest BCUT2D eigenvalue weighted by Gasteiger charge is 2.12. The fourth-order valence-corrected chi connectivity index (χ4v) is 1.67. The number of likely N-dealkylation sites (N-methyl/N-ethyl adjacent to an activating group) is 2. The zero-order valence-electron chi connectivity index (χ0n) is 11.0. The summed E-state index contributed by atoms with van der Waals surface area (Å²) in [6, 6.07) is 3.63. The molecule has 5 nitrogen and oxygen atoms in total. The highest BCUT2D eigenvalue weighted by Crippen LogP contribution is 2.18. The lowest BCUT2D eigenvalue weighted by atomic mass is 10.3. The lowest BCUT2D eigenvalue weighted by Gasteiger charge is -2.19. The molecule has 0 atom stereocenters. The Balaban J connectivity index is 2.77. The number of aromatic nitrogens is 1. The van der Waals surface area contributed by atoms with E-state index in [0.29, 0.717) is 18.1 Å². The van der Waals surface area contributed by atoms with Crippen molar-refractivity contribution in [3.05, 3.63) is 22.8 Å². The highest BCUT2D eigenvalue weighted by molar-refractivity contribution is 6.31. The molecule has 6 heteroatoms. The van der Waals surface area contributed by atoms with Gasteiger partial charge >= 0.3 is 0 Å². The molecule has 0 saturated heterocycles. The molecule has 18 heavy (non-hydrogen) atoms. The second-order valence-electron chi connectivity index (χ2n) is 3.85. The molecule has 0 fully saturated rings. The molecule has 2 N–H and O–H groups in total. The van der Waals surface area contributed by atoms with Crippen molar-refractivity contribution in [1.29, 1.82) is 0 Å². The molecule has 0 aliphatic carbocycles. The second kappa shape index (κ2) is 7.18. The minimum absolute atomic E-state index is 0.0160. The van der Waals surface area contributed by atoms with Crippen molar-refractivity contribution in [3.63, 3.8) is 0 Å².